The molecule has 164 valence electrons. The molecule has 0 bridgehead atoms. The predicted molar refractivity (Wildman–Crippen MR) is 120 cm³/mol. The average molecular weight is 423 g/mol. The minimum Gasteiger partial charge on any atom is -0.486 e. The number of benzene rings is 2. The number of carbonyl (C=O) groups is 1. The molecule has 4 rings (SSSR count). The summed E-state index contributed by atoms with van der Waals surface area (Å²) in [5, 5.41) is 0. The number of amides is 1. The molecule has 0 aromatic heterocycles. The Bertz CT molecular complexity index is 894. The molecule has 2 aromatic rings. The summed E-state index contributed by atoms with van der Waals surface area (Å²) < 4.78 is 16.7. The summed E-state index contributed by atoms with van der Waals surface area (Å²) in [4.78, 5) is 17.5. The van der Waals surface area contributed by atoms with Crippen LogP contribution in [0.25, 0.3) is 6.08 Å². The molecule has 6 heteroatoms. The molecule has 1 saturated heterocycles. The van der Waals surface area contributed by atoms with Crippen LogP contribution in [0.2, 0.25) is 0 Å². The lowest BCUT2D eigenvalue weighted by Crippen LogP contribution is -2.47. The molecule has 1 unspecified atom stereocenters. The highest BCUT2D eigenvalue weighted by atomic mass is 16.6. The average Bonchev–Trinajstić information content (AvgIpc) is 2.82. The summed E-state index contributed by atoms with van der Waals surface area (Å²) in [6, 6.07) is 16.0. The third-order valence-corrected chi connectivity index (χ3v) is 5.62. The highest BCUT2D eigenvalue weighted by Gasteiger charge is 2.22. The van der Waals surface area contributed by atoms with Crippen LogP contribution in [-0.2, 0) is 16.1 Å². The zero-order valence-electron chi connectivity index (χ0n) is 18.0. The van der Waals surface area contributed by atoms with Gasteiger partial charge in [-0.1, -0.05) is 36.4 Å². The second-order valence-electron chi connectivity index (χ2n) is 7.95. The Kier molecular flexibility index (Phi) is 7.22. The molecule has 6 nitrogen and oxygen atoms in total. The molecule has 0 radical (unpaired) electrons. The Morgan fingerprint density at radius 1 is 1.03 bits per heavy atom. The Balaban J connectivity index is 1.47. The Morgan fingerprint density at radius 2 is 1.77 bits per heavy atom. The van der Waals surface area contributed by atoms with Gasteiger partial charge in [0.25, 0.3) is 0 Å². The van der Waals surface area contributed by atoms with Gasteiger partial charge in [-0.3, -0.25) is 9.69 Å². The normalized spacial score (nSPS) is 17.5. The van der Waals surface area contributed by atoms with E-state index in [-0.39, 0.29) is 11.9 Å². The van der Waals surface area contributed by atoms with Crippen molar-refractivity contribution >= 4 is 12.0 Å². The zero-order valence-corrected chi connectivity index (χ0v) is 18.0. The van der Waals surface area contributed by atoms with Crippen molar-refractivity contribution in [2.45, 2.75) is 19.5 Å². The minimum atomic E-state index is -0.000462. The fraction of sp³-hybridized carbons (Fsp3) is 0.400. The number of fused-ring (bicyclic) bond motifs is 1. The van der Waals surface area contributed by atoms with Crippen molar-refractivity contribution in [2.24, 2.45) is 0 Å². The van der Waals surface area contributed by atoms with Gasteiger partial charge in [0.2, 0.25) is 5.91 Å². The van der Waals surface area contributed by atoms with Gasteiger partial charge in [0.1, 0.15) is 13.2 Å². The molecule has 1 amide bonds. The van der Waals surface area contributed by atoms with Crippen molar-refractivity contribution in [3.05, 3.63) is 65.7 Å². The quantitative estimate of drug-likeness (QED) is 0.642. The van der Waals surface area contributed by atoms with Crippen molar-refractivity contribution in [2.75, 3.05) is 46.1 Å². The van der Waals surface area contributed by atoms with E-state index in [0.29, 0.717) is 19.8 Å². The number of rotatable bonds is 7. The highest BCUT2D eigenvalue weighted by Crippen LogP contribution is 2.31. The first kappa shape index (κ1) is 21.4. The fourth-order valence-corrected chi connectivity index (χ4v) is 3.91. The number of carbonyl (C=O) groups excluding carboxylic acids is 1. The van der Waals surface area contributed by atoms with Gasteiger partial charge >= 0.3 is 0 Å². The van der Waals surface area contributed by atoms with Crippen LogP contribution < -0.4 is 9.47 Å². The topological polar surface area (TPSA) is 51.2 Å². The SMILES string of the molecule is CC(CN1CCOCC1)N(Cc1ccccc1)C(=O)/C=C/c1ccc2c(c1)OCCO2. The van der Waals surface area contributed by atoms with Crippen LogP contribution in [0, 0.1) is 0 Å². The summed E-state index contributed by atoms with van der Waals surface area (Å²) in [7, 11) is 0. The van der Waals surface area contributed by atoms with E-state index in [4.69, 9.17) is 14.2 Å². The van der Waals surface area contributed by atoms with Gasteiger partial charge < -0.3 is 19.1 Å². The van der Waals surface area contributed by atoms with E-state index >= 15 is 0 Å². The van der Waals surface area contributed by atoms with Crippen LogP contribution >= 0.6 is 0 Å². The molecule has 2 heterocycles. The second kappa shape index (κ2) is 10.5. The maximum absolute atomic E-state index is 13.2. The van der Waals surface area contributed by atoms with E-state index in [2.05, 4.69) is 24.0 Å². The van der Waals surface area contributed by atoms with Crippen molar-refractivity contribution < 1.29 is 19.0 Å². The number of hydrogen-bond donors (Lipinski definition) is 0. The molecule has 1 fully saturated rings. The van der Waals surface area contributed by atoms with E-state index in [0.717, 1.165) is 55.5 Å². The van der Waals surface area contributed by atoms with Crippen molar-refractivity contribution in [1.29, 1.82) is 0 Å². The smallest absolute Gasteiger partial charge is 0.247 e. The maximum Gasteiger partial charge on any atom is 0.247 e. The monoisotopic (exact) mass is 422 g/mol. The molecule has 0 spiro atoms. The minimum absolute atomic E-state index is 0.000462. The Hall–Kier alpha value is -2.83. The van der Waals surface area contributed by atoms with Gasteiger partial charge in [0.15, 0.2) is 11.5 Å². The van der Waals surface area contributed by atoms with E-state index in [1.165, 1.54) is 0 Å². The van der Waals surface area contributed by atoms with Crippen molar-refractivity contribution in [3.8, 4) is 11.5 Å². The number of nitrogens with zero attached hydrogens (tertiary/aromatic N) is 2. The first-order chi connectivity index (χ1) is 15.2. The molecule has 2 aromatic carbocycles. The molecule has 1 atom stereocenters. The van der Waals surface area contributed by atoms with E-state index in [1.54, 1.807) is 6.08 Å². The van der Waals surface area contributed by atoms with Crippen LogP contribution in [0.4, 0.5) is 0 Å². The largest absolute Gasteiger partial charge is 0.486 e. The number of ether oxygens (including phenoxy) is 3. The third-order valence-electron chi connectivity index (χ3n) is 5.62. The zero-order chi connectivity index (χ0) is 21.5. The molecule has 2 aliphatic heterocycles. The predicted octanol–water partition coefficient (Wildman–Crippen LogP) is 3.22. The molecule has 31 heavy (non-hydrogen) atoms. The van der Waals surface area contributed by atoms with Gasteiger partial charge in [-0.25, -0.2) is 0 Å². The Labute approximate surface area is 184 Å². The summed E-state index contributed by atoms with van der Waals surface area (Å²) in [5.74, 6) is 1.47. The summed E-state index contributed by atoms with van der Waals surface area (Å²) in [5.41, 5.74) is 2.04. The summed E-state index contributed by atoms with van der Waals surface area (Å²) >= 11 is 0. The summed E-state index contributed by atoms with van der Waals surface area (Å²) in [6.45, 7) is 7.96. The van der Waals surface area contributed by atoms with Gasteiger partial charge in [-0.2, -0.15) is 0 Å². The second-order valence-corrected chi connectivity index (χ2v) is 7.95. The van der Waals surface area contributed by atoms with Crippen molar-refractivity contribution in [3.63, 3.8) is 0 Å². The van der Waals surface area contributed by atoms with E-state index in [1.807, 2.05) is 47.4 Å². The van der Waals surface area contributed by atoms with Crippen LogP contribution in [0.5, 0.6) is 11.5 Å². The lowest BCUT2D eigenvalue weighted by Gasteiger charge is -2.34. The first-order valence-electron chi connectivity index (χ1n) is 10.9. The van der Waals surface area contributed by atoms with Gasteiger partial charge in [0, 0.05) is 38.3 Å². The van der Waals surface area contributed by atoms with Crippen LogP contribution in [0.3, 0.4) is 0 Å². The van der Waals surface area contributed by atoms with E-state index < -0.39 is 0 Å². The van der Waals surface area contributed by atoms with Gasteiger partial charge in [0.05, 0.1) is 13.2 Å². The number of hydrogen-bond acceptors (Lipinski definition) is 5. The standard InChI is InChI=1S/C25H30N2O4/c1-20(18-26-11-13-29-14-12-26)27(19-22-5-3-2-4-6-22)25(28)10-8-21-7-9-23-24(17-21)31-16-15-30-23/h2-10,17,20H,11-16,18-19H2,1H3/b10-8+. The molecule has 0 saturated carbocycles. The van der Waals surface area contributed by atoms with Crippen LogP contribution in [-0.4, -0.2) is 67.8 Å². The molecule has 2 aliphatic rings. The summed E-state index contributed by atoms with van der Waals surface area (Å²) in [6.07, 6.45) is 3.50. The highest BCUT2D eigenvalue weighted by molar-refractivity contribution is 5.92. The third kappa shape index (κ3) is 5.87. The maximum atomic E-state index is 13.2. The lowest BCUT2D eigenvalue weighted by atomic mass is 10.1. The van der Waals surface area contributed by atoms with Crippen LogP contribution in [0.15, 0.2) is 54.6 Å². The molecule has 0 aliphatic carbocycles. The van der Waals surface area contributed by atoms with Gasteiger partial charge in [-0.05, 0) is 36.3 Å². The Morgan fingerprint density at radius 3 is 2.55 bits per heavy atom. The van der Waals surface area contributed by atoms with Crippen LogP contribution in [0.1, 0.15) is 18.1 Å². The molecular weight excluding hydrogens is 392 g/mol. The molecular formula is C25H30N2O4. The fourth-order valence-electron chi connectivity index (χ4n) is 3.91. The number of morpholine rings is 1. The lowest BCUT2D eigenvalue weighted by molar-refractivity contribution is -0.129. The first-order valence-corrected chi connectivity index (χ1v) is 10.9. The molecule has 0 N–H and O–H groups in total. The van der Waals surface area contributed by atoms with Gasteiger partial charge in [-0.15, -0.1) is 0 Å². The van der Waals surface area contributed by atoms with Crippen molar-refractivity contribution in [1.82, 2.24) is 9.80 Å². The van der Waals surface area contributed by atoms with E-state index in [9.17, 15) is 4.79 Å².